The van der Waals surface area contributed by atoms with Crippen LogP contribution >= 0.6 is 0 Å². The number of aromatic nitrogens is 4. The number of alkyl halides is 6. The highest BCUT2D eigenvalue weighted by Crippen LogP contribution is 2.40. The minimum Gasteiger partial charge on any atom is -0.298 e. The van der Waals surface area contributed by atoms with Gasteiger partial charge in [-0.2, -0.15) is 30.6 Å². The third-order valence-electron chi connectivity index (χ3n) is 6.02. The fourth-order valence-corrected chi connectivity index (χ4v) is 6.02. The van der Waals surface area contributed by atoms with Crippen LogP contribution in [0.15, 0.2) is 53.9 Å². The standard InChI is InChI=1S/C23H18F7N5O3S/c24-14-1-4-16(5-2-14)39(37,38)35-18(6-8-20(35)22(25,26)27)19(36)7-3-15-9-17(34-12-33-15)13-10-31-21(32-11-13)23(28,29)30/h1-2,4-5,9-12,18,20H,3,6-8H2/t18-,20+/m0/s1. The van der Waals surface area contributed by atoms with E-state index in [1.807, 2.05) is 0 Å². The van der Waals surface area contributed by atoms with Gasteiger partial charge in [0.15, 0.2) is 5.78 Å². The summed E-state index contributed by atoms with van der Waals surface area (Å²) in [4.78, 5) is 26.8. The van der Waals surface area contributed by atoms with Crippen LogP contribution in [0, 0.1) is 5.82 Å². The van der Waals surface area contributed by atoms with E-state index in [0.29, 0.717) is 0 Å². The molecule has 0 unspecified atom stereocenters. The third kappa shape index (κ3) is 6.21. The number of carbonyl (C=O) groups is 1. The second-order valence-corrected chi connectivity index (χ2v) is 10.4. The van der Waals surface area contributed by atoms with Gasteiger partial charge in [0.2, 0.25) is 15.8 Å². The molecule has 3 aromatic rings. The number of aryl methyl sites for hydroxylation is 1. The summed E-state index contributed by atoms with van der Waals surface area (Å²) in [6.07, 6.45) is -8.31. The molecule has 4 rings (SSSR count). The lowest BCUT2D eigenvalue weighted by atomic mass is 10.0. The van der Waals surface area contributed by atoms with Gasteiger partial charge in [0.25, 0.3) is 0 Å². The van der Waals surface area contributed by atoms with Gasteiger partial charge in [0.1, 0.15) is 18.2 Å². The van der Waals surface area contributed by atoms with Gasteiger partial charge in [0, 0.05) is 30.1 Å². The topological polar surface area (TPSA) is 106 Å². The molecule has 0 aliphatic carbocycles. The summed E-state index contributed by atoms with van der Waals surface area (Å²) < 4.78 is 119. The predicted molar refractivity (Wildman–Crippen MR) is 120 cm³/mol. The lowest BCUT2D eigenvalue weighted by Crippen LogP contribution is -2.50. The summed E-state index contributed by atoms with van der Waals surface area (Å²) in [5, 5.41) is 0. The minimum atomic E-state index is -4.95. The summed E-state index contributed by atoms with van der Waals surface area (Å²) in [5.74, 6) is -2.92. The average molecular weight is 577 g/mol. The van der Waals surface area contributed by atoms with Gasteiger partial charge in [-0.15, -0.1) is 0 Å². The Morgan fingerprint density at radius 1 is 0.949 bits per heavy atom. The van der Waals surface area contributed by atoms with Crippen molar-refractivity contribution < 1.29 is 43.9 Å². The van der Waals surface area contributed by atoms with Gasteiger partial charge in [0.05, 0.1) is 16.6 Å². The number of benzene rings is 1. The Kier molecular flexibility index (Phi) is 7.71. The maximum Gasteiger partial charge on any atom is 0.451 e. The van der Waals surface area contributed by atoms with Gasteiger partial charge in [-0.1, -0.05) is 0 Å². The van der Waals surface area contributed by atoms with Crippen LogP contribution in [0.5, 0.6) is 0 Å². The quantitative estimate of drug-likeness (QED) is 0.384. The molecule has 0 bridgehead atoms. The Hall–Kier alpha value is -3.53. The number of carbonyl (C=O) groups excluding carboxylic acids is 1. The Balaban J connectivity index is 1.53. The highest BCUT2D eigenvalue weighted by atomic mass is 32.2. The van der Waals surface area contributed by atoms with E-state index < -0.39 is 63.2 Å². The fraction of sp³-hybridized carbons (Fsp3) is 0.348. The first-order chi connectivity index (χ1) is 18.2. The second-order valence-electron chi connectivity index (χ2n) is 8.59. The molecule has 2 aromatic heterocycles. The van der Waals surface area contributed by atoms with Crippen molar-refractivity contribution in [3.8, 4) is 11.3 Å². The van der Waals surface area contributed by atoms with Crippen molar-refractivity contribution in [3.05, 3.63) is 66.4 Å². The summed E-state index contributed by atoms with van der Waals surface area (Å²) >= 11 is 0. The number of halogens is 7. The van der Waals surface area contributed by atoms with E-state index in [9.17, 15) is 43.9 Å². The van der Waals surface area contributed by atoms with Gasteiger partial charge >= 0.3 is 12.4 Å². The van der Waals surface area contributed by atoms with Crippen molar-refractivity contribution in [2.45, 2.75) is 55.0 Å². The lowest BCUT2D eigenvalue weighted by Gasteiger charge is -2.30. The van der Waals surface area contributed by atoms with Crippen LogP contribution in [0.4, 0.5) is 30.7 Å². The van der Waals surface area contributed by atoms with Crippen LogP contribution < -0.4 is 0 Å². The molecule has 1 aliphatic rings. The number of ketones is 1. The highest BCUT2D eigenvalue weighted by Gasteiger charge is 2.56. The van der Waals surface area contributed by atoms with E-state index in [-0.39, 0.29) is 40.5 Å². The van der Waals surface area contributed by atoms with Crippen molar-refractivity contribution in [2.75, 3.05) is 0 Å². The molecule has 0 spiro atoms. The van der Waals surface area contributed by atoms with E-state index in [2.05, 4.69) is 19.9 Å². The molecule has 1 saturated heterocycles. The first-order valence-corrected chi connectivity index (χ1v) is 12.7. The van der Waals surface area contributed by atoms with Gasteiger partial charge < -0.3 is 0 Å². The van der Waals surface area contributed by atoms with Gasteiger partial charge in [-0.3, -0.25) is 4.79 Å². The Morgan fingerprint density at radius 2 is 1.59 bits per heavy atom. The summed E-state index contributed by atoms with van der Waals surface area (Å²) in [7, 11) is -4.82. The maximum absolute atomic E-state index is 13.7. The molecule has 0 radical (unpaired) electrons. The molecule has 8 nitrogen and oxygen atoms in total. The van der Waals surface area contributed by atoms with Crippen LogP contribution in [-0.2, 0) is 27.4 Å². The van der Waals surface area contributed by atoms with Crippen LogP contribution in [0.25, 0.3) is 11.3 Å². The smallest absolute Gasteiger partial charge is 0.298 e. The van der Waals surface area contributed by atoms with Crippen molar-refractivity contribution in [3.63, 3.8) is 0 Å². The number of sulfonamides is 1. The lowest BCUT2D eigenvalue weighted by molar-refractivity contribution is -0.167. The molecular formula is C23H18F7N5O3S. The maximum atomic E-state index is 13.7. The highest BCUT2D eigenvalue weighted by molar-refractivity contribution is 7.89. The number of Topliss-reactive ketones (excluding diaryl/α,β-unsaturated/α-hetero) is 1. The summed E-state index contributed by atoms with van der Waals surface area (Å²) in [6, 6.07) is 0.520. The summed E-state index contributed by atoms with van der Waals surface area (Å²) in [6.45, 7) is 0. The van der Waals surface area contributed by atoms with Gasteiger partial charge in [-0.25, -0.2) is 32.7 Å². The van der Waals surface area contributed by atoms with Crippen LogP contribution in [-0.4, -0.2) is 56.7 Å². The van der Waals surface area contributed by atoms with E-state index in [1.54, 1.807) is 0 Å². The Bertz CT molecular complexity index is 1450. The fourth-order valence-electron chi connectivity index (χ4n) is 4.18. The molecular weight excluding hydrogens is 559 g/mol. The molecule has 2 atom stereocenters. The van der Waals surface area contributed by atoms with Crippen molar-refractivity contribution in [2.24, 2.45) is 0 Å². The van der Waals surface area contributed by atoms with Crippen molar-refractivity contribution >= 4 is 15.8 Å². The van der Waals surface area contributed by atoms with E-state index >= 15 is 0 Å². The van der Waals surface area contributed by atoms with Crippen molar-refractivity contribution in [1.29, 1.82) is 0 Å². The molecule has 0 N–H and O–H groups in total. The van der Waals surface area contributed by atoms with E-state index in [0.717, 1.165) is 43.0 Å². The molecule has 0 saturated carbocycles. The Morgan fingerprint density at radius 3 is 2.18 bits per heavy atom. The molecule has 1 aromatic carbocycles. The largest absolute Gasteiger partial charge is 0.451 e. The molecule has 1 fully saturated rings. The number of hydrogen-bond donors (Lipinski definition) is 0. The van der Waals surface area contributed by atoms with E-state index in [1.165, 1.54) is 6.07 Å². The molecule has 3 heterocycles. The predicted octanol–water partition coefficient (Wildman–Crippen LogP) is 4.38. The van der Waals surface area contributed by atoms with Crippen LogP contribution in [0.1, 0.15) is 30.8 Å². The second kappa shape index (κ2) is 10.6. The zero-order valence-corrected chi connectivity index (χ0v) is 20.4. The SMILES string of the molecule is O=C(CCc1cc(-c2cnc(C(F)(F)F)nc2)ncn1)[C@@H]1CC[C@H](C(F)(F)F)N1S(=O)(=O)c1ccc(F)cc1. The third-order valence-corrected chi connectivity index (χ3v) is 7.95. The normalized spacial score (nSPS) is 18.8. The molecule has 39 heavy (non-hydrogen) atoms. The zero-order valence-electron chi connectivity index (χ0n) is 19.6. The molecule has 1 aliphatic heterocycles. The van der Waals surface area contributed by atoms with E-state index in [4.69, 9.17) is 0 Å². The number of nitrogens with zero attached hydrogens (tertiary/aromatic N) is 5. The number of hydrogen-bond acceptors (Lipinski definition) is 7. The first kappa shape index (κ1) is 28.5. The minimum absolute atomic E-state index is 0.118. The molecule has 16 heteroatoms. The van der Waals surface area contributed by atoms with Gasteiger partial charge in [-0.05, 0) is 49.6 Å². The zero-order chi connectivity index (χ0) is 28.6. The monoisotopic (exact) mass is 577 g/mol. The molecule has 0 amide bonds. The first-order valence-electron chi connectivity index (χ1n) is 11.3. The van der Waals surface area contributed by atoms with Crippen molar-refractivity contribution in [1.82, 2.24) is 24.2 Å². The Labute approximate surface area is 217 Å². The average Bonchev–Trinajstić information content (AvgIpc) is 3.35. The summed E-state index contributed by atoms with van der Waals surface area (Å²) in [5.41, 5.74) is 0.490. The molecule has 208 valence electrons. The van der Waals surface area contributed by atoms with Crippen LogP contribution in [0.2, 0.25) is 0 Å². The number of rotatable bonds is 7. The van der Waals surface area contributed by atoms with Crippen LogP contribution in [0.3, 0.4) is 0 Å².